The Morgan fingerprint density at radius 3 is 2.75 bits per heavy atom. The first-order chi connectivity index (χ1) is 13.3. The molecular formula is C21H26N4O3. The lowest BCUT2D eigenvalue weighted by atomic mass is 9.63. The van der Waals surface area contributed by atoms with E-state index in [-0.39, 0.29) is 29.7 Å². The molecule has 4 fully saturated rings. The molecule has 1 saturated carbocycles. The van der Waals surface area contributed by atoms with Gasteiger partial charge in [-0.3, -0.25) is 24.6 Å². The predicted molar refractivity (Wildman–Crippen MR) is 102 cm³/mol. The lowest BCUT2D eigenvalue weighted by Crippen LogP contribution is -2.53. The van der Waals surface area contributed by atoms with Gasteiger partial charge in [0.1, 0.15) is 6.04 Å². The molecule has 1 atom stereocenters. The number of nitrogens with zero attached hydrogens (tertiary/aromatic N) is 2. The topological polar surface area (TPSA) is 95.7 Å². The monoisotopic (exact) mass is 382 g/mol. The molecule has 4 heterocycles. The second-order valence-electron chi connectivity index (χ2n) is 9.34. The van der Waals surface area contributed by atoms with Crippen molar-refractivity contribution < 1.29 is 14.4 Å². The molecule has 1 aromatic rings. The summed E-state index contributed by atoms with van der Waals surface area (Å²) in [7, 11) is 0. The standard InChI is InChI=1S/C21H26N4O3/c1-20-9-21(10-20,11-22)24(12-20)7-13-2-3-14-8-25(19(28)15(14)6-13)16-4-5-17(26)23-18(16)27/h2-3,6,16H,4-5,7-12,22H2,1H3,(H,23,26,27). The Kier molecular flexibility index (Phi) is 3.74. The molecule has 3 N–H and O–H groups in total. The van der Waals surface area contributed by atoms with Crippen LogP contribution in [0.2, 0.25) is 0 Å². The number of imide groups is 1. The van der Waals surface area contributed by atoms with E-state index in [9.17, 15) is 14.4 Å². The summed E-state index contributed by atoms with van der Waals surface area (Å²) in [5.41, 5.74) is 9.33. The summed E-state index contributed by atoms with van der Waals surface area (Å²) in [5, 5.41) is 2.35. The van der Waals surface area contributed by atoms with Crippen molar-refractivity contribution in [3.8, 4) is 0 Å². The number of hydrogen-bond acceptors (Lipinski definition) is 5. The fourth-order valence-electron chi connectivity index (χ4n) is 5.92. The summed E-state index contributed by atoms with van der Waals surface area (Å²) in [6.45, 7) is 5.28. The van der Waals surface area contributed by atoms with E-state index < -0.39 is 6.04 Å². The number of nitrogens with one attached hydrogen (secondary N) is 1. The van der Waals surface area contributed by atoms with Gasteiger partial charge in [0.25, 0.3) is 5.91 Å². The van der Waals surface area contributed by atoms with Crippen LogP contribution in [0.15, 0.2) is 18.2 Å². The third-order valence-electron chi connectivity index (χ3n) is 7.10. The third-order valence-corrected chi connectivity index (χ3v) is 7.10. The SMILES string of the molecule is CC12CN(Cc3ccc4c(c3)C(=O)N(C3CCC(=O)NC3=O)C4)C(CN)(C1)C2. The van der Waals surface area contributed by atoms with Crippen molar-refractivity contribution in [3.05, 3.63) is 34.9 Å². The van der Waals surface area contributed by atoms with E-state index in [1.807, 2.05) is 12.1 Å². The number of benzene rings is 1. The molecule has 0 aromatic heterocycles. The molecule has 1 unspecified atom stereocenters. The highest BCUT2D eigenvalue weighted by Gasteiger charge is 2.61. The summed E-state index contributed by atoms with van der Waals surface area (Å²) < 4.78 is 0. The number of carbonyl (C=O) groups excluding carboxylic acids is 3. The maximum atomic E-state index is 13.0. The molecule has 3 saturated heterocycles. The van der Waals surface area contributed by atoms with Gasteiger partial charge < -0.3 is 10.6 Å². The number of hydrogen-bond donors (Lipinski definition) is 2. The fourth-order valence-corrected chi connectivity index (χ4v) is 5.92. The zero-order valence-corrected chi connectivity index (χ0v) is 16.2. The van der Waals surface area contributed by atoms with Gasteiger partial charge in [0.2, 0.25) is 11.8 Å². The number of nitrogens with two attached hydrogens (primary N) is 1. The summed E-state index contributed by atoms with van der Waals surface area (Å²) in [4.78, 5) is 40.6. The second kappa shape index (κ2) is 5.87. The minimum absolute atomic E-state index is 0.113. The lowest BCUT2D eigenvalue weighted by Gasteiger charge is -2.46. The average molecular weight is 382 g/mol. The largest absolute Gasteiger partial charge is 0.329 e. The molecule has 6 rings (SSSR count). The van der Waals surface area contributed by atoms with E-state index in [4.69, 9.17) is 5.73 Å². The van der Waals surface area contributed by atoms with Crippen LogP contribution in [0.3, 0.4) is 0 Å². The van der Waals surface area contributed by atoms with Gasteiger partial charge in [-0.15, -0.1) is 0 Å². The highest BCUT2D eigenvalue weighted by molar-refractivity contribution is 6.05. The Labute approximate surface area is 164 Å². The molecular weight excluding hydrogens is 356 g/mol. The van der Waals surface area contributed by atoms with Crippen LogP contribution >= 0.6 is 0 Å². The van der Waals surface area contributed by atoms with Crippen LogP contribution in [0.5, 0.6) is 0 Å². The van der Waals surface area contributed by atoms with Crippen LogP contribution in [0.25, 0.3) is 0 Å². The third kappa shape index (κ3) is 2.53. The number of fused-ring (bicyclic) bond motifs is 2. The Bertz CT molecular complexity index is 890. The normalized spacial score (nSPS) is 34.4. The maximum absolute atomic E-state index is 13.0. The molecule has 4 aliphatic heterocycles. The van der Waals surface area contributed by atoms with Gasteiger partial charge in [0, 0.05) is 43.7 Å². The molecule has 28 heavy (non-hydrogen) atoms. The van der Waals surface area contributed by atoms with Crippen molar-refractivity contribution in [1.82, 2.24) is 15.1 Å². The van der Waals surface area contributed by atoms with Gasteiger partial charge in [0.15, 0.2) is 0 Å². The molecule has 1 aromatic carbocycles. The molecule has 7 nitrogen and oxygen atoms in total. The quantitative estimate of drug-likeness (QED) is 0.750. The van der Waals surface area contributed by atoms with Gasteiger partial charge in [-0.05, 0) is 41.9 Å². The predicted octanol–water partition coefficient (Wildman–Crippen LogP) is 0.761. The molecule has 5 aliphatic rings. The van der Waals surface area contributed by atoms with Crippen molar-refractivity contribution in [3.63, 3.8) is 0 Å². The van der Waals surface area contributed by atoms with E-state index >= 15 is 0 Å². The summed E-state index contributed by atoms with van der Waals surface area (Å²) in [6.07, 6.45) is 2.98. The molecule has 2 bridgehead atoms. The summed E-state index contributed by atoms with van der Waals surface area (Å²) in [6, 6.07) is 5.51. The highest BCUT2D eigenvalue weighted by Crippen LogP contribution is 2.58. The van der Waals surface area contributed by atoms with Crippen molar-refractivity contribution in [2.75, 3.05) is 13.1 Å². The van der Waals surface area contributed by atoms with Gasteiger partial charge in [0.05, 0.1) is 0 Å². The van der Waals surface area contributed by atoms with E-state index in [0.717, 1.165) is 37.1 Å². The Morgan fingerprint density at radius 2 is 2.04 bits per heavy atom. The van der Waals surface area contributed by atoms with Crippen LogP contribution in [-0.4, -0.2) is 52.2 Å². The second-order valence-corrected chi connectivity index (χ2v) is 9.34. The van der Waals surface area contributed by atoms with Crippen LogP contribution in [0, 0.1) is 5.41 Å². The first kappa shape index (κ1) is 17.8. The smallest absolute Gasteiger partial charge is 0.255 e. The molecule has 3 amide bonds. The van der Waals surface area contributed by atoms with E-state index in [0.29, 0.717) is 30.5 Å². The fraction of sp³-hybridized carbons (Fsp3) is 0.571. The highest BCUT2D eigenvalue weighted by atomic mass is 16.2. The van der Waals surface area contributed by atoms with Gasteiger partial charge >= 0.3 is 0 Å². The molecule has 0 spiro atoms. The minimum atomic E-state index is -0.563. The number of carbonyl (C=O) groups is 3. The van der Waals surface area contributed by atoms with Gasteiger partial charge in [-0.2, -0.15) is 0 Å². The van der Waals surface area contributed by atoms with Crippen molar-refractivity contribution >= 4 is 17.7 Å². The van der Waals surface area contributed by atoms with Crippen LogP contribution in [0.4, 0.5) is 0 Å². The van der Waals surface area contributed by atoms with Crippen LogP contribution < -0.4 is 11.1 Å². The number of amides is 3. The first-order valence-corrected chi connectivity index (χ1v) is 10.0. The van der Waals surface area contributed by atoms with E-state index in [1.54, 1.807) is 4.90 Å². The Morgan fingerprint density at radius 1 is 1.25 bits per heavy atom. The lowest BCUT2D eigenvalue weighted by molar-refractivity contribution is -0.136. The molecule has 148 valence electrons. The van der Waals surface area contributed by atoms with Gasteiger partial charge in [-0.1, -0.05) is 19.1 Å². The average Bonchev–Trinajstić information content (AvgIpc) is 3.20. The van der Waals surface area contributed by atoms with Crippen LogP contribution in [-0.2, 0) is 22.7 Å². The maximum Gasteiger partial charge on any atom is 0.255 e. The Hall–Kier alpha value is -2.25. The number of rotatable bonds is 4. The number of piperidine rings is 1. The van der Waals surface area contributed by atoms with Gasteiger partial charge in [-0.25, -0.2) is 0 Å². The van der Waals surface area contributed by atoms with Crippen LogP contribution in [0.1, 0.15) is 54.1 Å². The minimum Gasteiger partial charge on any atom is -0.329 e. The first-order valence-electron chi connectivity index (χ1n) is 10.0. The molecule has 1 aliphatic carbocycles. The van der Waals surface area contributed by atoms with Crippen molar-refractivity contribution in [1.29, 1.82) is 0 Å². The molecule has 0 radical (unpaired) electrons. The van der Waals surface area contributed by atoms with Crippen molar-refractivity contribution in [2.24, 2.45) is 11.1 Å². The summed E-state index contributed by atoms with van der Waals surface area (Å²) >= 11 is 0. The van der Waals surface area contributed by atoms with Crippen molar-refractivity contribution in [2.45, 2.75) is 57.3 Å². The van der Waals surface area contributed by atoms with E-state index in [2.05, 4.69) is 23.2 Å². The Balaban J connectivity index is 1.34. The zero-order chi connectivity index (χ0) is 19.7. The summed E-state index contributed by atoms with van der Waals surface area (Å²) in [5.74, 6) is -0.746. The zero-order valence-electron chi connectivity index (χ0n) is 16.2. The van der Waals surface area contributed by atoms with E-state index in [1.165, 1.54) is 0 Å². The molecule has 7 heteroatoms.